The molecule has 0 aromatic carbocycles. The highest BCUT2D eigenvalue weighted by atomic mass is 32.2. The monoisotopic (exact) mass is 276 g/mol. The van der Waals surface area contributed by atoms with Crippen molar-refractivity contribution >= 4 is 27.0 Å². The van der Waals surface area contributed by atoms with Crippen LogP contribution >= 0.6 is 11.3 Å². The largest absolute Gasteiger partial charge is 0.330 e. The number of nitrogens with zero attached hydrogens (tertiary/aromatic N) is 1. The van der Waals surface area contributed by atoms with Crippen molar-refractivity contribution in [1.29, 1.82) is 0 Å². The molecule has 0 aliphatic carbocycles. The molecule has 0 unspecified atom stereocenters. The van der Waals surface area contributed by atoms with E-state index in [1.54, 1.807) is 12.3 Å². The van der Waals surface area contributed by atoms with E-state index >= 15 is 0 Å². The molecule has 2 N–H and O–H groups in total. The molecule has 0 amide bonds. The van der Waals surface area contributed by atoms with Crippen molar-refractivity contribution in [2.45, 2.75) is 19.8 Å². The van der Waals surface area contributed by atoms with Gasteiger partial charge in [-0.05, 0) is 6.54 Å². The van der Waals surface area contributed by atoms with Gasteiger partial charge in [-0.1, -0.05) is 6.92 Å². The second-order valence-corrected chi connectivity index (χ2v) is 6.99. The lowest BCUT2D eigenvalue weighted by atomic mass is 10.2. The molecule has 96 valence electrons. The van der Waals surface area contributed by atoms with Crippen molar-refractivity contribution in [3.63, 3.8) is 0 Å². The van der Waals surface area contributed by atoms with Crippen molar-refractivity contribution < 1.29 is 13.2 Å². The summed E-state index contributed by atoms with van der Waals surface area (Å²) in [6.45, 7) is 2.06. The minimum absolute atomic E-state index is 0.00196. The summed E-state index contributed by atoms with van der Waals surface area (Å²) < 4.78 is 22.5. The number of hydrogen-bond acceptors (Lipinski definition) is 6. The van der Waals surface area contributed by atoms with Crippen molar-refractivity contribution in [3.8, 4) is 0 Å². The van der Waals surface area contributed by atoms with Crippen LogP contribution in [-0.4, -0.2) is 37.2 Å². The molecule has 0 spiro atoms. The first-order valence-corrected chi connectivity index (χ1v) is 8.06. The molecule has 0 aliphatic heterocycles. The highest BCUT2D eigenvalue weighted by Crippen LogP contribution is 2.12. The number of ketones is 1. The SMILES string of the molecule is CCS(=O)(=O)CCC(=O)c1csc(CCN)n1. The second kappa shape index (κ2) is 6.23. The zero-order valence-corrected chi connectivity index (χ0v) is 11.3. The van der Waals surface area contributed by atoms with Crippen LogP contribution < -0.4 is 5.73 Å². The number of rotatable bonds is 7. The van der Waals surface area contributed by atoms with Gasteiger partial charge < -0.3 is 5.73 Å². The Bertz CT molecular complexity index is 479. The summed E-state index contributed by atoms with van der Waals surface area (Å²) in [6, 6.07) is 0. The summed E-state index contributed by atoms with van der Waals surface area (Å²) in [7, 11) is -3.09. The molecular formula is C10H16N2O3S2. The van der Waals surface area contributed by atoms with Gasteiger partial charge in [0.15, 0.2) is 5.78 Å². The first kappa shape index (κ1) is 14.3. The molecule has 0 fully saturated rings. The molecule has 0 atom stereocenters. The van der Waals surface area contributed by atoms with Gasteiger partial charge in [0.2, 0.25) is 0 Å². The van der Waals surface area contributed by atoms with Gasteiger partial charge in [0.1, 0.15) is 15.5 Å². The van der Waals surface area contributed by atoms with Crippen molar-refractivity contribution in [3.05, 3.63) is 16.1 Å². The number of hydrogen-bond donors (Lipinski definition) is 1. The van der Waals surface area contributed by atoms with E-state index in [4.69, 9.17) is 5.73 Å². The van der Waals surface area contributed by atoms with Crippen LogP contribution in [0.4, 0.5) is 0 Å². The van der Waals surface area contributed by atoms with Crippen LogP contribution in [0.1, 0.15) is 28.8 Å². The van der Waals surface area contributed by atoms with Gasteiger partial charge in [-0.25, -0.2) is 13.4 Å². The van der Waals surface area contributed by atoms with E-state index in [1.165, 1.54) is 11.3 Å². The predicted molar refractivity (Wildman–Crippen MR) is 68.1 cm³/mol. The average Bonchev–Trinajstić information content (AvgIpc) is 2.75. The third-order valence-electron chi connectivity index (χ3n) is 2.28. The summed E-state index contributed by atoms with van der Waals surface area (Å²) >= 11 is 1.38. The lowest BCUT2D eigenvalue weighted by molar-refractivity contribution is 0.0984. The zero-order chi connectivity index (χ0) is 12.9. The molecule has 0 bridgehead atoms. The molecule has 1 aromatic rings. The number of sulfone groups is 1. The number of carbonyl (C=O) groups excluding carboxylic acids is 1. The molecule has 0 aliphatic rings. The highest BCUT2D eigenvalue weighted by molar-refractivity contribution is 7.91. The van der Waals surface area contributed by atoms with Gasteiger partial charge in [0.05, 0.1) is 10.8 Å². The summed E-state index contributed by atoms with van der Waals surface area (Å²) in [5.41, 5.74) is 5.73. The van der Waals surface area contributed by atoms with Crippen molar-refractivity contribution in [1.82, 2.24) is 4.98 Å². The maximum atomic E-state index is 11.7. The molecular weight excluding hydrogens is 260 g/mol. The zero-order valence-electron chi connectivity index (χ0n) is 9.68. The van der Waals surface area contributed by atoms with Gasteiger partial charge in [0.25, 0.3) is 0 Å². The molecule has 0 saturated heterocycles. The Balaban J connectivity index is 2.58. The molecule has 1 aromatic heterocycles. The summed E-state index contributed by atoms with van der Waals surface area (Å²) in [4.78, 5) is 15.8. The maximum absolute atomic E-state index is 11.7. The molecule has 1 heterocycles. The van der Waals surface area contributed by atoms with Crippen molar-refractivity contribution in [2.75, 3.05) is 18.1 Å². The first-order chi connectivity index (χ1) is 7.98. The molecule has 7 heteroatoms. The summed E-state index contributed by atoms with van der Waals surface area (Å²) in [5, 5.41) is 2.47. The van der Waals surface area contributed by atoms with Crippen LogP contribution in [0, 0.1) is 0 Å². The minimum atomic E-state index is -3.09. The highest BCUT2D eigenvalue weighted by Gasteiger charge is 2.15. The lowest BCUT2D eigenvalue weighted by Crippen LogP contribution is -2.13. The first-order valence-electron chi connectivity index (χ1n) is 5.36. The quantitative estimate of drug-likeness (QED) is 0.738. The fourth-order valence-corrected chi connectivity index (χ4v) is 2.80. The van der Waals surface area contributed by atoms with Crippen LogP contribution in [0.2, 0.25) is 0 Å². The van der Waals surface area contributed by atoms with Crippen LogP contribution in [0.25, 0.3) is 0 Å². The Morgan fingerprint density at radius 3 is 2.82 bits per heavy atom. The normalized spacial score (nSPS) is 11.6. The smallest absolute Gasteiger partial charge is 0.183 e. The molecule has 5 nitrogen and oxygen atoms in total. The minimum Gasteiger partial charge on any atom is -0.330 e. The second-order valence-electron chi connectivity index (χ2n) is 3.57. The Kier molecular flexibility index (Phi) is 5.23. The van der Waals surface area contributed by atoms with Gasteiger partial charge in [-0.15, -0.1) is 11.3 Å². The number of aromatic nitrogens is 1. The van der Waals surface area contributed by atoms with Gasteiger partial charge in [0, 0.05) is 24.0 Å². The van der Waals surface area contributed by atoms with Gasteiger partial charge in [-0.3, -0.25) is 4.79 Å². The van der Waals surface area contributed by atoms with E-state index < -0.39 is 9.84 Å². The van der Waals surface area contributed by atoms with Crippen LogP contribution in [-0.2, 0) is 16.3 Å². The van der Waals surface area contributed by atoms with E-state index in [2.05, 4.69) is 4.98 Å². The number of carbonyl (C=O) groups is 1. The van der Waals surface area contributed by atoms with Crippen LogP contribution in [0.15, 0.2) is 5.38 Å². The van der Waals surface area contributed by atoms with E-state index in [-0.39, 0.29) is 23.7 Å². The summed E-state index contributed by atoms with van der Waals surface area (Å²) in [6.07, 6.45) is 0.646. The predicted octanol–water partition coefficient (Wildman–Crippen LogP) is 0.652. The van der Waals surface area contributed by atoms with E-state index in [9.17, 15) is 13.2 Å². The Morgan fingerprint density at radius 2 is 2.24 bits per heavy atom. The topological polar surface area (TPSA) is 90.1 Å². The van der Waals surface area contributed by atoms with E-state index in [1.807, 2.05) is 0 Å². The Morgan fingerprint density at radius 1 is 1.53 bits per heavy atom. The Hall–Kier alpha value is -0.790. The third kappa shape index (κ3) is 4.53. The fourth-order valence-electron chi connectivity index (χ4n) is 1.20. The van der Waals surface area contributed by atoms with Gasteiger partial charge >= 0.3 is 0 Å². The standard InChI is InChI=1S/C10H16N2O3S2/c1-2-17(14,15)6-4-9(13)8-7-16-10(12-8)3-5-11/h7H,2-6,11H2,1H3. The number of thiazole rings is 1. The summed E-state index contributed by atoms with van der Waals surface area (Å²) in [5.74, 6) is -0.261. The maximum Gasteiger partial charge on any atom is 0.183 e. The molecule has 0 radical (unpaired) electrons. The van der Waals surface area contributed by atoms with Gasteiger partial charge in [-0.2, -0.15) is 0 Å². The molecule has 0 saturated carbocycles. The molecule has 17 heavy (non-hydrogen) atoms. The number of nitrogens with two attached hydrogens (primary N) is 1. The van der Waals surface area contributed by atoms with E-state index in [0.717, 1.165) is 5.01 Å². The average molecular weight is 276 g/mol. The molecule has 1 rings (SSSR count). The van der Waals surface area contributed by atoms with Crippen molar-refractivity contribution in [2.24, 2.45) is 5.73 Å². The lowest BCUT2D eigenvalue weighted by Gasteiger charge is -1.98. The van der Waals surface area contributed by atoms with Crippen LogP contribution in [0.5, 0.6) is 0 Å². The van der Waals surface area contributed by atoms with Crippen LogP contribution in [0.3, 0.4) is 0 Å². The number of Topliss-reactive ketones (excluding diaryl/α,β-unsaturated/α-hetero) is 1. The van der Waals surface area contributed by atoms with E-state index in [0.29, 0.717) is 18.7 Å². The third-order valence-corrected chi connectivity index (χ3v) is 4.89. The fraction of sp³-hybridized carbons (Fsp3) is 0.600. The Labute approximate surface area is 105 Å².